The maximum atomic E-state index is 12.0. The van der Waals surface area contributed by atoms with Crippen LogP contribution in [0.15, 0.2) is 89.4 Å². The van der Waals surface area contributed by atoms with Crippen LogP contribution in [-0.2, 0) is 23.3 Å². The zero-order valence-electron chi connectivity index (χ0n) is 16.4. The smallest absolute Gasteiger partial charge is 0.121 e. The van der Waals surface area contributed by atoms with Crippen LogP contribution in [0.2, 0.25) is 0 Å². The van der Waals surface area contributed by atoms with E-state index in [9.17, 15) is 5.11 Å². The Hall–Kier alpha value is -1.98. The molecule has 1 fully saturated rings. The van der Waals surface area contributed by atoms with Crippen LogP contribution in [0, 0.1) is 0 Å². The quantitative estimate of drug-likeness (QED) is 0.585. The summed E-state index contributed by atoms with van der Waals surface area (Å²) >= 11 is 3.64. The third-order valence-electron chi connectivity index (χ3n) is 5.62. The number of morpholine rings is 1. The normalized spacial score (nSPS) is 19.6. The van der Waals surface area contributed by atoms with Gasteiger partial charge in [-0.1, -0.05) is 94.8 Å². The molecule has 0 spiro atoms. The average Bonchev–Trinajstić information content (AvgIpc) is 2.77. The Bertz CT molecular complexity index is 918. The topological polar surface area (TPSA) is 32.7 Å². The minimum atomic E-state index is -1.11. The predicted octanol–water partition coefficient (Wildman–Crippen LogP) is 4.78. The Balaban J connectivity index is 1.61. The molecular weight excluding hydrogens is 426 g/mol. The van der Waals surface area contributed by atoms with E-state index in [0.717, 1.165) is 28.7 Å². The second-order valence-corrected chi connectivity index (χ2v) is 8.49. The van der Waals surface area contributed by atoms with Crippen LogP contribution >= 0.6 is 15.9 Å². The summed E-state index contributed by atoms with van der Waals surface area (Å²) in [6.07, 6.45) is 0.178. The summed E-state index contributed by atoms with van der Waals surface area (Å²) < 4.78 is 7.18. The number of nitrogens with zero attached hydrogens (tertiary/aromatic N) is 1. The van der Waals surface area contributed by atoms with E-state index in [1.807, 2.05) is 54.6 Å². The maximum Gasteiger partial charge on any atom is 0.121 e. The largest absolute Gasteiger partial charge is 0.382 e. The summed E-state index contributed by atoms with van der Waals surface area (Å²) in [5, 5.41) is 12.0. The van der Waals surface area contributed by atoms with Crippen molar-refractivity contribution in [2.75, 3.05) is 19.7 Å². The highest BCUT2D eigenvalue weighted by molar-refractivity contribution is 9.10. The minimum absolute atomic E-state index is 0.311. The second-order valence-electron chi connectivity index (χ2n) is 7.64. The van der Waals surface area contributed by atoms with Crippen molar-refractivity contribution in [2.45, 2.75) is 24.7 Å². The van der Waals surface area contributed by atoms with Crippen LogP contribution in [0.5, 0.6) is 0 Å². The van der Waals surface area contributed by atoms with Crippen LogP contribution in [0.25, 0.3) is 0 Å². The molecule has 0 bridgehead atoms. The zero-order valence-corrected chi connectivity index (χ0v) is 18.0. The van der Waals surface area contributed by atoms with Gasteiger partial charge in [0.05, 0.1) is 6.61 Å². The highest BCUT2D eigenvalue weighted by Crippen LogP contribution is 2.35. The molecule has 150 valence electrons. The molecule has 0 aromatic heterocycles. The SMILES string of the molecule is OC(Cc1ccccc1Br)(c1ccccc1)[C@@H]1CN(Cc2ccccc2)CCO1. The van der Waals surface area contributed by atoms with Gasteiger partial charge in [0.15, 0.2) is 0 Å². The Morgan fingerprint density at radius 1 is 0.931 bits per heavy atom. The van der Waals surface area contributed by atoms with Gasteiger partial charge >= 0.3 is 0 Å². The van der Waals surface area contributed by atoms with Crippen LogP contribution < -0.4 is 0 Å². The molecule has 1 aliphatic rings. The van der Waals surface area contributed by atoms with Gasteiger partial charge in [0, 0.05) is 30.5 Å². The molecule has 4 heteroatoms. The van der Waals surface area contributed by atoms with Crippen LogP contribution in [-0.4, -0.2) is 35.8 Å². The van der Waals surface area contributed by atoms with Crippen LogP contribution in [0.4, 0.5) is 0 Å². The lowest BCUT2D eigenvalue weighted by Gasteiger charge is -2.42. The molecule has 3 nitrogen and oxygen atoms in total. The summed E-state index contributed by atoms with van der Waals surface area (Å²) in [6, 6.07) is 28.5. The Labute approximate surface area is 181 Å². The first-order valence-electron chi connectivity index (χ1n) is 10.0. The molecule has 2 atom stereocenters. The standard InChI is InChI=1S/C25H26BrNO2/c26-23-14-8-7-11-21(23)17-25(28,22-12-5-2-6-13-22)24-19-27(15-16-29-24)18-20-9-3-1-4-10-20/h1-14,24,28H,15-19H2/t24-,25?/m0/s1. The van der Waals surface area contributed by atoms with Gasteiger partial charge < -0.3 is 9.84 Å². The van der Waals surface area contributed by atoms with E-state index in [-0.39, 0.29) is 6.10 Å². The molecule has 1 unspecified atom stereocenters. The van der Waals surface area contributed by atoms with Gasteiger partial charge in [-0.05, 0) is 22.8 Å². The zero-order chi connectivity index (χ0) is 20.1. The molecule has 3 aromatic carbocycles. The van der Waals surface area contributed by atoms with Gasteiger partial charge in [0.25, 0.3) is 0 Å². The number of benzene rings is 3. The highest BCUT2D eigenvalue weighted by Gasteiger charge is 2.42. The van der Waals surface area contributed by atoms with E-state index in [1.54, 1.807) is 0 Å². The van der Waals surface area contributed by atoms with E-state index in [1.165, 1.54) is 5.56 Å². The van der Waals surface area contributed by atoms with Gasteiger partial charge in [0.2, 0.25) is 0 Å². The van der Waals surface area contributed by atoms with Gasteiger partial charge in [-0.25, -0.2) is 0 Å². The number of hydrogen-bond acceptors (Lipinski definition) is 3. The van der Waals surface area contributed by atoms with Crippen molar-refractivity contribution < 1.29 is 9.84 Å². The summed E-state index contributed by atoms with van der Waals surface area (Å²) in [6.45, 7) is 3.03. The lowest BCUT2D eigenvalue weighted by Crippen LogP contribution is -2.53. The lowest BCUT2D eigenvalue weighted by molar-refractivity contribution is -0.149. The summed E-state index contributed by atoms with van der Waals surface area (Å²) in [4.78, 5) is 2.37. The van der Waals surface area contributed by atoms with E-state index in [4.69, 9.17) is 4.74 Å². The monoisotopic (exact) mass is 451 g/mol. The number of rotatable bonds is 6. The Morgan fingerprint density at radius 3 is 2.31 bits per heavy atom. The molecule has 0 radical (unpaired) electrons. The number of hydrogen-bond donors (Lipinski definition) is 1. The fourth-order valence-corrected chi connectivity index (χ4v) is 4.46. The molecule has 1 N–H and O–H groups in total. The summed E-state index contributed by atoms with van der Waals surface area (Å²) in [5.41, 5.74) is 2.13. The fraction of sp³-hybridized carbons (Fsp3) is 0.280. The fourth-order valence-electron chi connectivity index (χ4n) is 4.04. The van der Waals surface area contributed by atoms with Crippen molar-refractivity contribution in [1.82, 2.24) is 4.90 Å². The molecule has 4 rings (SSSR count). The van der Waals surface area contributed by atoms with Crippen molar-refractivity contribution in [2.24, 2.45) is 0 Å². The Morgan fingerprint density at radius 2 is 1.59 bits per heavy atom. The number of ether oxygens (including phenoxy) is 1. The second kappa shape index (κ2) is 9.23. The molecule has 0 saturated carbocycles. The molecule has 0 aliphatic carbocycles. The van der Waals surface area contributed by atoms with Crippen molar-refractivity contribution in [3.63, 3.8) is 0 Å². The predicted molar refractivity (Wildman–Crippen MR) is 120 cm³/mol. The third-order valence-corrected chi connectivity index (χ3v) is 6.40. The van der Waals surface area contributed by atoms with Crippen molar-refractivity contribution >= 4 is 15.9 Å². The summed E-state index contributed by atoms with van der Waals surface area (Å²) in [7, 11) is 0. The number of aliphatic hydroxyl groups is 1. The first-order chi connectivity index (χ1) is 14.1. The van der Waals surface area contributed by atoms with E-state index in [2.05, 4.69) is 51.2 Å². The molecule has 1 heterocycles. The first-order valence-corrected chi connectivity index (χ1v) is 10.8. The van der Waals surface area contributed by atoms with E-state index >= 15 is 0 Å². The van der Waals surface area contributed by atoms with E-state index in [0.29, 0.717) is 19.6 Å². The molecule has 29 heavy (non-hydrogen) atoms. The van der Waals surface area contributed by atoms with Crippen molar-refractivity contribution in [3.8, 4) is 0 Å². The molecule has 0 amide bonds. The molecule has 3 aromatic rings. The molecule has 1 saturated heterocycles. The van der Waals surface area contributed by atoms with Crippen LogP contribution in [0.3, 0.4) is 0 Å². The third kappa shape index (κ3) is 4.78. The average molecular weight is 452 g/mol. The van der Waals surface area contributed by atoms with Gasteiger partial charge in [-0.15, -0.1) is 0 Å². The minimum Gasteiger partial charge on any atom is -0.382 e. The first kappa shape index (κ1) is 20.3. The molecular formula is C25H26BrNO2. The lowest BCUT2D eigenvalue weighted by atomic mass is 9.81. The van der Waals surface area contributed by atoms with E-state index < -0.39 is 5.60 Å². The summed E-state index contributed by atoms with van der Waals surface area (Å²) in [5.74, 6) is 0. The van der Waals surface area contributed by atoms with Crippen molar-refractivity contribution in [1.29, 1.82) is 0 Å². The van der Waals surface area contributed by atoms with Crippen molar-refractivity contribution in [3.05, 3.63) is 106 Å². The van der Waals surface area contributed by atoms with Crippen LogP contribution in [0.1, 0.15) is 16.7 Å². The highest BCUT2D eigenvalue weighted by atomic mass is 79.9. The number of halogens is 1. The van der Waals surface area contributed by atoms with Gasteiger partial charge in [-0.3, -0.25) is 4.90 Å². The molecule has 1 aliphatic heterocycles. The Kier molecular flexibility index (Phi) is 6.46. The maximum absolute atomic E-state index is 12.0. The van der Waals surface area contributed by atoms with Gasteiger partial charge in [0.1, 0.15) is 11.7 Å². The van der Waals surface area contributed by atoms with Gasteiger partial charge in [-0.2, -0.15) is 0 Å².